The number of carbonyl (C=O) groups excluding carboxylic acids is 2. The topological polar surface area (TPSA) is 49.9 Å². The molecule has 4 rings (SSSR count). The molecule has 2 atom stereocenters. The van der Waals surface area contributed by atoms with Gasteiger partial charge in [0.2, 0.25) is 5.91 Å². The number of methoxy groups -OCH3 is 1. The standard InChI is InChI=1S/C24H27FN2O3/c1-30-24(29)19-7-5-17(6-8-19)14-26-12-11-22-20(16-26)9-10-23(28)27(22)15-18-3-2-4-21(25)13-18/h2-8,13,20,22H,9-12,14-16H2,1H3/t20-,22+/m1/s1. The van der Waals surface area contributed by atoms with Crippen molar-refractivity contribution in [3.63, 3.8) is 0 Å². The Morgan fingerprint density at radius 3 is 2.63 bits per heavy atom. The molecule has 0 N–H and O–H groups in total. The molecule has 2 aromatic carbocycles. The van der Waals surface area contributed by atoms with E-state index in [1.54, 1.807) is 18.2 Å². The van der Waals surface area contributed by atoms with E-state index in [9.17, 15) is 14.0 Å². The molecule has 0 saturated carbocycles. The quantitative estimate of drug-likeness (QED) is 0.707. The molecule has 2 heterocycles. The first-order valence-corrected chi connectivity index (χ1v) is 10.5. The summed E-state index contributed by atoms with van der Waals surface area (Å²) in [6.45, 7) is 3.15. The predicted octanol–water partition coefficient (Wildman–Crippen LogP) is 3.63. The van der Waals surface area contributed by atoms with Crippen LogP contribution in [-0.4, -0.2) is 47.9 Å². The Kier molecular flexibility index (Phi) is 6.13. The Morgan fingerprint density at radius 1 is 1.10 bits per heavy atom. The lowest BCUT2D eigenvalue weighted by atomic mass is 9.83. The molecule has 5 nitrogen and oxygen atoms in total. The van der Waals surface area contributed by atoms with Crippen LogP contribution in [0, 0.1) is 11.7 Å². The van der Waals surface area contributed by atoms with Crippen LogP contribution < -0.4 is 0 Å². The van der Waals surface area contributed by atoms with Crippen LogP contribution in [0.5, 0.6) is 0 Å². The van der Waals surface area contributed by atoms with Crippen molar-refractivity contribution in [2.45, 2.75) is 38.4 Å². The van der Waals surface area contributed by atoms with Crippen molar-refractivity contribution in [1.29, 1.82) is 0 Å². The van der Waals surface area contributed by atoms with Gasteiger partial charge in [-0.05, 0) is 54.2 Å². The fourth-order valence-electron chi connectivity index (χ4n) is 4.73. The lowest BCUT2D eigenvalue weighted by Gasteiger charge is -2.47. The number of ether oxygens (including phenoxy) is 1. The molecule has 0 aromatic heterocycles. The molecule has 0 bridgehead atoms. The molecular formula is C24H27FN2O3. The van der Waals surface area contributed by atoms with Crippen LogP contribution in [0.3, 0.4) is 0 Å². The van der Waals surface area contributed by atoms with Crippen molar-refractivity contribution in [1.82, 2.24) is 9.80 Å². The molecule has 0 aliphatic carbocycles. The highest BCUT2D eigenvalue weighted by molar-refractivity contribution is 5.89. The molecule has 2 saturated heterocycles. The highest BCUT2D eigenvalue weighted by atomic mass is 19.1. The maximum atomic E-state index is 13.6. The van der Waals surface area contributed by atoms with Gasteiger partial charge in [0.1, 0.15) is 5.82 Å². The zero-order chi connectivity index (χ0) is 21.1. The zero-order valence-electron chi connectivity index (χ0n) is 17.2. The number of hydrogen-bond donors (Lipinski definition) is 0. The Labute approximate surface area is 176 Å². The molecule has 0 spiro atoms. The minimum Gasteiger partial charge on any atom is -0.465 e. The summed E-state index contributed by atoms with van der Waals surface area (Å²) in [5.74, 6) is 0.0147. The Hall–Kier alpha value is -2.73. The third-order valence-electron chi connectivity index (χ3n) is 6.25. The number of carbonyl (C=O) groups is 2. The van der Waals surface area contributed by atoms with Gasteiger partial charge >= 0.3 is 5.97 Å². The van der Waals surface area contributed by atoms with Gasteiger partial charge in [-0.15, -0.1) is 0 Å². The van der Waals surface area contributed by atoms with Crippen LogP contribution >= 0.6 is 0 Å². The smallest absolute Gasteiger partial charge is 0.337 e. The molecule has 2 aromatic rings. The summed E-state index contributed by atoms with van der Waals surface area (Å²) < 4.78 is 18.3. The average molecular weight is 410 g/mol. The first-order valence-electron chi connectivity index (χ1n) is 10.5. The van der Waals surface area contributed by atoms with E-state index in [1.807, 2.05) is 23.1 Å². The number of hydrogen-bond acceptors (Lipinski definition) is 4. The highest BCUT2D eigenvalue weighted by Gasteiger charge is 2.39. The molecule has 2 aliphatic heterocycles. The number of halogens is 1. The van der Waals surface area contributed by atoms with Gasteiger partial charge in [0.25, 0.3) is 0 Å². The molecule has 2 fully saturated rings. The van der Waals surface area contributed by atoms with E-state index in [4.69, 9.17) is 4.74 Å². The average Bonchev–Trinajstić information content (AvgIpc) is 2.76. The van der Waals surface area contributed by atoms with Crippen LogP contribution in [0.15, 0.2) is 48.5 Å². The number of nitrogens with zero attached hydrogens (tertiary/aromatic N) is 2. The van der Waals surface area contributed by atoms with Crippen molar-refractivity contribution < 1.29 is 18.7 Å². The number of amides is 1. The second-order valence-corrected chi connectivity index (χ2v) is 8.23. The summed E-state index contributed by atoms with van der Waals surface area (Å²) in [5.41, 5.74) is 2.56. The normalized spacial score (nSPS) is 21.9. The lowest BCUT2D eigenvalue weighted by molar-refractivity contribution is -0.142. The lowest BCUT2D eigenvalue weighted by Crippen LogP contribution is -2.55. The summed E-state index contributed by atoms with van der Waals surface area (Å²) >= 11 is 0. The fourth-order valence-corrected chi connectivity index (χ4v) is 4.73. The maximum Gasteiger partial charge on any atom is 0.337 e. The minimum absolute atomic E-state index is 0.173. The third-order valence-corrected chi connectivity index (χ3v) is 6.25. The van der Waals surface area contributed by atoms with E-state index in [0.717, 1.165) is 43.6 Å². The van der Waals surface area contributed by atoms with E-state index in [2.05, 4.69) is 4.90 Å². The van der Waals surface area contributed by atoms with Gasteiger partial charge in [0, 0.05) is 38.6 Å². The summed E-state index contributed by atoms with van der Waals surface area (Å²) in [6, 6.07) is 14.3. The van der Waals surface area contributed by atoms with Crippen LogP contribution in [0.25, 0.3) is 0 Å². The van der Waals surface area contributed by atoms with Crippen molar-refractivity contribution in [3.05, 3.63) is 71.0 Å². The second kappa shape index (κ2) is 8.96. The molecule has 158 valence electrons. The Bertz CT molecular complexity index is 915. The van der Waals surface area contributed by atoms with E-state index >= 15 is 0 Å². The van der Waals surface area contributed by atoms with Crippen LogP contribution in [0.1, 0.15) is 40.7 Å². The number of esters is 1. The van der Waals surface area contributed by atoms with Crippen molar-refractivity contribution in [3.8, 4) is 0 Å². The maximum absolute atomic E-state index is 13.6. The minimum atomic E-state index is -0.326. The summed E-state index contributed by atoms with van der Waals surface area (Å²) in [7, 11) is 1.38. The molecule has 30 heavy (non-hydrogen) atoms. The van der Waals surface area contributed by atoms with Crippen LogP contribution in [0.4, 0.5) is 4.39 Å². The van der Waals surface area contributed by atoms with Crippen molar-refractivity contribution in [2.24, 2.45) is 5.92 Å². The number of rotatable bonds is 5. The third kappa shape index (κ3) is 4.54. The highest BCUT2D eigenvalue weighted by Crippen LogP contribution is 2.33. The largest absolute Gasteiger partial charge is 0.465 e. The van der Waals surface area contributed by atoms with E-state index < -0.39 is 0 Å². The first-order chi connectivity index (χ1) is 14.5. The molecule has 0 radical (unpaired) electrons. The SMILES string of the molecule is COC(=O)c1ccc(CN2CC[C@H]3[C@H](CCC(=O)N3Cc3cccc(F)c3)C2)cc1. The molecule has 6 heteroatoms. The summed E-state index contributed by atoms with van der Waals surface area (Å²) in [6.07, 6.45) is 2.38. The second-order valence-electron chi connectivity index (χ2n) is 8.23. The molecular weight excluding hydrogens is 383 g/mol. The molecule has 2 aliphatic rings. The van der Waals surface area contributed by atoms with Gasteiger partial charge in [-0.3, -0.25) is 9.69 Å². The van der Waals surface area contributed by atoms with E-state index in [-0.39, 0.29) is 23.7 Å². The number of piperidine rings is 2. The Morgan fingerprint density at radius 2 is 1.90 bits per heavy atom. The van der Waals surface area contributed by atoms with Gasteiger partial charge in [0.15, 0.2) is 0 Å². The van der Waals surface area contributed by atoms with Crippen LogP contribution in [-0.2, 0) is 22.6 Å². The van der Waals surface area contributed by atoms with Gasteiger partial charge in [-0.2, -0.15) is 0 Å². The molecule has 0 unspecified atom stereocenters. The van der Waals surface area contributed by atoms with Gasteiger partial charge in [-0.25, -0.2) is 9.18 Å². The van der Waals surface area contributed by atoms with E-state index in [0.29, 0.717) is 24.4 Å². The Balaban J connectivity index is 1.39. The first kappa shape index (κ1) is 20.5. The van der Waals surface area contributed by atoms with Crippen LogP contribution in [0.2, 0.25) is 0 Å². The van der Waals surface area contributed by atoms with Gasteiger partial charge in [0.05, 0.1) is 12.7 Å². The fraction of sp³-hybridized carbons (Fsp3) is 0.417. The predicted molar refractivity (Wildman–Crippen MR) is 111 cm³/mol. The number of fused-ring (bicyclic) bond motifs is 1. The zero-order valence-corrected chi connectivity index (χ0v) is 17.2. The summed E-state index contributed by atoms with van der Waals surface area (Å²) in [4.78, 5) is 28.6. The number of likely N-dealkylation sites (tertiary alicyclic amines) is 2. The van der Waals surface area contributed by atoms with Gasteiger partial charge < -0.3 is 9.64 Å². The van der Waals surface area contributed by atoms with Crippen molar-refractivity contribution >= 4 is 11.9 Å². The molecule has 1 amide bonds. The number of benzene rings is 2. The van der Waals surface area contributed by atoms with Crippen molar-refractivity contribution in [2.75, 3.05) is 20.2 Å². The summed E-state index contributed by atoms with van der Waals surface area (Å²) in [5, 5.41) is 0. The van der Waals surface area contributed by atoms with Gasteiger partial charge in [-0.1, -0.05) is 24.3 Å². The monoisotopic (exact) mass is 410 g/mol. The van der Waals surface area contributed by atoms with E-state index in [1.165, 1.54) is 19.2 Å².